The number of amides is 2. The molecule has 0 bridgehead atoms. The summed E-state index contributed by atoms with van der Waals surface area (Å²) in [7, 11) is 1.15. The van der Waals surface area contributed by atoms with Gasteiger partial charge >= 0.3 is 11.9 Å². The monoisotopic (exact) mass is 301 g/mol. The predicted molar refractivity (Wildman–Crippen MR) is 72.0 cm³/mol. The van der Waals surface area contributed by atoms with Gasteiger partial charge in [-0.25, -0.2) is 9.59 Å². The summed E-state index contributed by atoms with van der Waals surface area (Å²) in [5.41, 5.74) is 5.46. The number of hydrogen-bond acceptors (Lipinski definition) is 6. The molecule has 21 heavy (non-hydrogen) atoms. The summed E-state index contributed by atoms with van der Waals surface area (Å²) in [4.78, 5) is 44.6. The normalized spacial score (nSPS) is 13.3. The third kappa shape index (κ3) is 7.67. The number of carboxylic acid groups (broad SMARTS) is 1. The molecular formula is C12H19N3O6. The van der Waals surface area contributed by atoms with Gasteiger partial charge in [-0.05, 0) is 6.42 Å². The molecule has 0 heterocycles. The molecule has 0 aliphatic carbocycles. The van der Waals surface area contributed by atoms with Gasteiger partial charge in [-0.1, -0.05) is 6.92 Å². The van der Waals surface area contributed by atoms with Crippen LogP contribution >= 0.6 is 0 Å². The third-order valence-electron chi connectivity index (χ3n) is 2.44. The van der Waals surface area contributed by atoms with Gasteiger partial charge in [0.2, 0.25) is 11.8 Å². The lowest BCUT2D eigenvalue weighted by Gasteiger charge is -2.17. The second-order valence-corrected chi connectivity index (χ2v) is 4.02. The second kappa shape index (κ2) is 9.48. The van der Waals surface area contributed by atoms with Gasteiger partial charge in [-0.3, -0.25) is 9.59 Å². The second-order valence-electron chi connectivity index (χ2n) is 4.02. The highest BCUT2D eigenvalue weighted by molar-refractivity contribution is 5.95. The zero-order chi connectivity index (χ0) is 16.4. The van der Waals surface area contributed by atoms with Crippen LogP contribution in [0.1, 0.15) is 13.3 Å². The van der Waals surface area contributed by atoms with Gasteiger partial charge in [0.15, 0.2) is 0 Å². The molecule has 0 aromatic rings. The number of carbonyl (C=O) groups is 4. The highest BCUT2D eigenvalue weighted by Crippen LogP contribution is 1.90. The van der Waals surface area contributed by atoms with Crippen LogP contribution in [0.4, 0.5) is 0 Å². The topological polar surface area (TPSA) is 148 Å². The first-order valence-electron chi connectivity index (χ1n) is 6.14. The Morgan fingerprint density at radius 1 is 1.29 bits per heavy atom. The Bertz CT molecular complexity index is 435. The molecule has 0 radical (unpaired) electrons. The van der Waals surface area contributed by atoms with Gasteiger partial charge in [0, 0.05) is 18.7 Å². The van der Waals surface area contributed by atoms with Crippen LogP contribution < -0.4 is 16.4 Å². The van der Waals surface area contributed by atoms with Gasteiger partial charge in [-0.2, -0.15) is 0 Å². The van der Waals surface area contributed by atoms with Gasteiger partial charge in [0.1, 0.15) is 6.04 Å². The molecule has 2 amide bonds. The van der Waals surface area contributed by atoms with Crippen LogP contribution in [0.3, 0.4) is 0 Å². The smallest absolute Gasteiger partial charge is 0.330 e. The number of ether oxygens (including phenoxy) is 1. The molecule has 0 saturated heterocycles. The van der Waals surface area contributed by atoms with Crippen molar-refractivity contribution in [3.8, 4) is 0 Å². The summed E-state index contributed by atoms with van der Waals surface area (Å²) in [6, 6.07) is -2.13. The molecular weight excluding hydrogens is 282 g/mol. The molecule has 9 nitrogen and oxygen atoms in total. The minimum atomic E-state index is -1.32. The highest BCUT2D eigenvalue weighted by Gasteiger charge is 2.22. The Balaban J connectivity index is 4.43. The minimum Gasteiger partial charge on any atom is -0.480 e. The van der Waals surface area contributed by atoms with E-state index in [0.717, 1.165) is 19.3 Å². The molecule has 0 unspecified atom stereocenters. The van der Waals surface area contributed by atoms with Gasteiger partial charge in [-0.15, -0.1) is 0 Å². The highest BCUT2D eigenvalue weighted by atomic mass is 16.5. The maximum atomic E-state index is 11.5. The number of carboxylic acids is 1. The molecule has 118 valence electrons. The van der Waals surface area contributed by atoms with Gasteiger partial charge in [0.25, 0.3) is 0 Å². The van der Waals surface area contributed by atoms with Crippen molar-refractivity contribution in [1.29, 1.82) is 0 Å². The average molecular weight is 301 g/mol. The molecule has 9 heteroatoms. The molecule has 0 aromatic carbocycles. The number of hydrogen-bond donors (Lipinski definition) is 4. The fourth-order valence-corrected chi connectivity index (χ4v) is 1.14. The Kier molecular flexibility index (Phi) is 8.39. The number of nitrogens with two attached hydrogens (primary N) is 1. The molecule has 0 aromatic heterocycles. The number of rotatable bonds is 8. The molecule has 0 aliphatic heterocycles. The van der Waals surface area contributed by atoms with E-state index >= 15 is 0 Å². The first kappa shape index (κ1) is 18.6. The molecule has 0 rings (SSSR count). The fourth-order valence-electron chi connectivity index (χ4n) is 1.14. The van der Waals surface area contributed by atoms with Crippen molar-refractivity contribution < 1.29 is 29.0 Å². The van der Waals surface area contributed by atoms with E-state index in [2.05, 4.69) is 15.4 Å². The van der Waals surface area contributed by atoms with Crippen LogP contribution in [-0.4, -0.2) is 54.6 Å². The zero-order valence-corrected chi connectivity index (χ0v) is 11.8. The Hall–Kier alpha value is -2.42. The molecule has 0 fully saturated rings. The van der Waals surface area contributed by atoms with E-state index in [1.807, 2.05) is 0 Å². The Morgan fingerprint density at radius 3 is 2.38 bits per heavy atom. The van der Waals surface area contributed by atoms with Crippen molar-refractivity contribution >= 4 is 23.8 Å². The van der Waals surface area contributed by atoms with Crippen LogP contribution in [-0.2, 0) is 23.9 Å². The third-order valence-corrected chi connectivity index (χ3v) is 2.44. The van der Waals surface area contributed by atoms with E-state index in [9.17, 15) is 19.2 Å². The lowest BCUT2D eigenvalue weighted by Crippen LogP contribution is -2.52. The van der Waals surface area contributed by atoms with Crippen LogP contribution in [0.15, 0.2) is 12.2 Å². The summed E-state index contributed by atoms with van der Waals surface area (Å²) in [5, 5.41) is 13.4. The number of aliphatic carboxylic acids is 1. The zero-order valence-electron chi connectivity index (χ0n) is 11.8. The number of esters is 1. The van der Waals surface area contributed by atoms with Crippen molar-refractivity contribution in [2.24, 2.45) is 5.73 Å². The SMILES string of the molecule is CC[C@H](N)C(=O)N[C@@H](CNC(=O)/C=C/C(=O)OC)C(=O)O. The average Bonchev–Trinajstić information content (AvgIpc) is 2.47. The fraction of sp³-hybridized carbons (Fsp3) is 0.500. The minimum absolute atomic E-state index is 0.345. The van der Waals surface area contributed by atoms with Gasteiger partial charge < -0.3 is 26.2 Å². The van der Waals surface area contributed by atoms with Crippen LogP contribution in [0, 0.1) is 0 Å². The number of carbonyl (C=O) groups excluding carboxylic acids is 3. The Labute approximate surface area is 121 Å². The Morgan fingerprint density at radius 2 is 1.90 bits per heavy atom. The van der Waals surface area contributed by atoms with Crippen LogP contribution in [0.5, 0.6) is 0 Å². The van der Waals surface area contributed by atoms with Crippen molar-refractivity contribution in [2.45, 2.75) is 25.4 Å². The summed E-state index contributed by atoms with van der Waals surface area (Å²) in [6.45, 7) is 1.33. The molecule has 5 N–H and O–H groups in total. The summed E-state index contributed by atoms with van der Waals surface area (Å²) < 4.78 is 4.29. The van der Waals surface area contributed by atoms with Crippen LogP contribution in [0.25, 0.3) is 0 Å². The van der Waals surface area contributed by atoms with Crippen LogP contribution in [0.2, 0.25) is 0 Å². The van der Waals surface area contributed by atoms with Crippen molar-refractivity contribution in [2.75, 3.05) is 13.7 Å². The lowest BCUT2D eigenvalue weighted by molar-refractivity contribution is -0.142. The maximum Gasteiger partial charge on any atom is 0.330 e. The standard InChI is InChI=1S/C12H19N3O6/c1-3-7(13)11(18)15-8(12(19)20)6-14-9(16)4-5-10(17)21-2/h4-5,7-8H,3,6,13H2,1-2H3,(H,14,16)(H,15,18)(H,19,20)/b5-4+/t7-,8-/m0/s1. The van der Waals surface area contributed by atoms with E-state index in [1.54, 1.807) is 6.92 Å². The van der Waals surface area contributed by atoms with Gasteiger partial charge in [0.05, 0.1) is 13.2 Å². The van der Waals surface area contributed by atoms with E-state index in [-0.39, 0.29) is 6.54 Å². The van der Waals surface area contributed by atoms with Crippen molar-refractivity contribution in [3.63, 3.8) is 0 Å². The quantitative estimate of drug-likeness (QED) is 0.303. The van der Waals surface area contributed by atoms with E-state index in [0.29, 0.717) is 6.42 Å². The first-order chi connectivity index (χ1) is 9.81. The number of nitrogens with one attached hydrogen (secondary N) is 2. The summed E-state index contributed by atoms with van der Waals surface area (Å²) in [6.07, 6.45) is 2.13. The molecule has 0 spiro atoms. The summed E-state index contributed by atoms with van der Waals surface area (Å²) in [5.74, 6) is -3.35. The molecule has 2 atom stereocenters. The van der Waals surface area contributed by atoms with E-state index in [4.69, 9.17) is 10.8 Å². The number of methoxy groups -OCH3 is 1. The summed E-state index contributed by atoms with van der Waals surface area (Å²) >= 11 is 0. The van der Waals surface area contributed by atoms with Crippen molar-refractivity contribution in [3.05, 3.63) is 12.2 Å². The lowest BCUT2D eigenvalue weighted by atomic mass is 10.2. The van der Waals surface area contributed by atoms with E-state index < -0.39 is 35.8 Å². The van der Waals surface area contributed by atoms with E-state index in [1.165, 1.54) is 0 Å². The molecule has 0 aliphatic rings. The first-order valence-corrected chi connectivity index (χ1v) is 6.14. The molecule has 0 saturated carbocycles. The predicted octanol–water partition coefficient (Wildman–Crippen LogP) is -1.86. The van der Waals surface area contributed by atoms with Crippen molar-refractivity contribution in [1.82, 2.24) is 10.6 Å². The largest absolute Gasteiger partial charge is 0.480 e. The maximum absolute atomic E-state index is 11.5.